The van der Waals surface area contributed by atoms with Gasteiger partial charge in [-0.05, 0) is 6.08 Å². The number of ether oxygens (including phenoxy) is 1. The van der Waals surface area contributed by atoms with Gasteiger partial charge in [0.05, 0.1) is 13.7 Å². The van der Waals surface area contributed by atoms with Crippen LogP contribution in [-0.4, -0.2) is 36.1 Å². The number of hydrogen-bond donors (Lipinski definition) is 2. The van der Waals surface area contributed by atoms with Crippen molar-refractivity contribution in [2.45, 2.75) is 5.54 Å². The van der Waals surface area contributed by atoms with E-state index in [1.807, 2.05) is 0 Å². The summed E-state index contributed by atoms with van der Waals surface area (Å²) in [4.78, 5) is 21.9. The van der Waals surface area contributed by atoms with Gasteiger partial charge in [-0.15, -0.1) is 12.4 Å². The Labute approximate surface area is 82.0 Å². The van der Waals surface area contributed by atoms with Crippen molar-refractivity contribution in [2.75, 3.05) is 13.7 Å². The summed E-state index contributed by atoms with van der Waals surface area (Å²) in [6, 6.07) is 0. The molecule has 0 bridgehead atoms. The second-order valence-corrected chi connectivity index (χ2v) is 2.19. The maximum absolute atomic E-state index is 11.0. The van der Waals surface area contributed by atoms with Crippen molar-refractivity contribution in [1.29, 1.82) is 0 Å². The smallest absolute Gasteiger partial charge is 0.336 e. The van der Waals surface area contributed by atoms with Crippen LogP contribution >= 0.6 is 12.4 Å². The van der Waals surface area contributed by atoms with Crippen molar-refractivity contribution in [3.05, 3.63) is 12.7 Å². The lowest BCUT2D eigenvalue weighted by Gasteiger charge is -2.20. The molecule has 0 aliphatic heterocycles. The molecule has 3 N–H and O–H groups in total. The van der Waals surface area contributed by atoms with Crippen LogP contribution in [0.2, 0.25) is 0 Å². The van der Waals surface area contributed by atoms with Gasteiger partial charge < -0.3 is 15.6 Å². The van der Waals surface area contributed by atoms with Crippen molar-refractivity contribution in [2.24, 2.45) is 5.73 Å². The molecular formula is C7H12ClNO4. The highest BCUT2D eigenvalue weighted by atomic mass is 35.5. The summed E-state index contributed by atoms with van der Waals surface area (Å²) in [6.07, 6.45) is 0.868. The van der Waals surface area contributed by atoms with Crippen molar-refractivity contribution in [3.63, 3.8) is 0 Å². The molecule has 0 heterocycles. The molecule has 0 spiro atoms. The largest absolute Gasteiger partial charge is 0.467 e. The molecule has 0 amide bonds. The Morgan fingerprint density at radius 2 is 2.15 bits per heavy atom. The van der Waals surface area contributed by atoms with Gasteiger partial charge in [-0.3, -0.25) is 4.79 Å². The summed E-state index contributed by atoms with van der Waals surface area (Å²) in [6.45, 7) is 2.34. The van der Waals surface area contributed by atoms with E-state index in [0.29, 0.717) is 0 Å². The number of carbonyl (C=O) groups excluding carboxylic acids is 2. The van der Waals surface area contributed by atoms with E-state index in [1.165, 1.54) is 0 Å². The number of aliphatic hydroxyl groups excluding tert-OH is 1. The molecule has 1 atom stereocenters. The molecule has 0 rings (SSSR count). The van der Waals surface area contributed by atoms with E-state index < -0.39 is 23.9 Å². The van der Waals surface area contributed by atoms with Crippen LogP contribution in [0.1, 0.15) is 0 Å². The molecule has 0 aromatic carbocycles. The summed E-state index contributed by atoms with van der Waals surface area (Å²) in [5, 5.41) is 8.69. The first kappa shape index (κ1) is 14.6. The van der Waals surface area contributed by atoms with Crippen LogP contribution in [0.25, 0.3) is 0 Å². The minimum atomic E-state index is -2.00. The van der Waals surface area contributed by atoms with E-state index in [4.69, 9.17) is 10.8 Å². The highest BCUT2D eigenvalue weighted by Crippen LogP contribution is 2.04. The zero-order chi connectivity index (χ0) is 9.78. The number of aliphatic hydroxyl groups is 1. The Balaban J connectivity index is 0. The number of nitrogens with two attached hydrogens (primary N) is 1. The quantitative estimate of drug-likeness (QED) is 0.353. The number of ketones is 1. The third-order valence-corrected chi connectivity index (χ3v) is 1.42. The zero-order valence-electron chi connectivity index (χ0n) is 7.15. The van der Waals surface area contributed by atoms with E-state index in [9.17, 15) is 9.59 Å². The van der Waals surface area contributed by atoms with Crippen molar-refractivity contribution >= 4 is 24.2 Å². The molecule has 6 heteroatoms. The topological polar surface area (TPSA) is 89.6 Å². The van der Waals surface area contributed by atoms with Crippen LogP contribution in [-0.2, 0) is 14.3 Å². The second-order valence-electron chi connectivity index (χ2n) is 2.19. The number of rotatable bonds is 4. The number of carbonyl (C=O) groups is 2. The Morgan fingerprint density at radius 3 is 2.38 bits per heavy atom. The Morgan fingerprint density at radius 1 is 1.69 bits per heavy atom. The summed E-state index contributed by atoms with van der Waals surface area (Å²) >= 11 is 0. The molecule has 5 nitrogen and oxygen atoms in total. The molecule has 0 radical (unpaired) electrons. The van der Waals surface area contributed by atoms with E-state index in [-0.39, 0.29) is 12.4 Å². The summed E-state index contributed by atoms with van der Waals surface area (Å²) < 4.78 is 4.24. The van der Waals surface area contributed by atoms with Gasteiger partial charge in [0.25, 0.3) is 0 Å². The van der Waals surface area contributed by atoms with Crippen LogP contribution in [0.15, 0.2) is 12.7 Å². The van der Waals surface area contributed by atoms with Gasteiger partial charge in [-0.25, -0.2) is 4.79 Å². The molecule has 0 fully saturated rings. The molecular weight excluding hydrogens is 198 g/mol. The summed E-state index contributed by atoms with van der Waals surface area (Å²) in [5.41, 5.74) is 3.26. The lowest BCUT2D eigenvalue weighted by Crippen LogP contribution is -2.57. The Kier molecular flexibility index (Phi) is 6.39. The predicted molar refractivity (Wildman–Crippen MR) is 48.5 cm³/mol. The van der Waals surface area contributed by atoms with Gasteiger partial charge >= 0.3 is 5.97 Å². The van der Waals surface area contributed by atoms with Crippen molar-refractivity contribution in [3.8, 4) is 0 Å². The third kappa shape index (κ3) is 2.80. The second kappa shape index (κ2) is 5.69. The number of hydrogen-bond acceptors (Lipinski definition) is 5. The molecule has 13 heavy (non-hydrogen) atoms. The average molecular weight is 210 g/mol. The normalized spacial score (nSPS) is 13.5. The molecule has 0 aliphatic carbocycles. The van der Waals surface area contributed by atoms with Gasteiger partial charge in [-0.1, -0.05) is 6.58 Å². The number of halogens is 1. The van der Waals surface area contributed by atoms with Crippen LogP contribution in [0.3, 0.4) is 0 Å². The van der Waals surface area contributed by atoms with Gasteiger partial charge in [-0.2, -0.15) is 0 Å². The predicted octanol–water partition coefficient (Wildman–Crippen LogP) is -0.974. The van der Waals surface area contributed by atoms with Crippen LogP contribution in [0, 0.1) is 0 Å². The lowest BCUT2D eigenvalue weighted by molar-refractivity contribution is -0.151. The van der Waals surface area contributed by atoms with Crippen molar-refractivity contribution in [1.82, 2.24) is 0 Å². The standard InChI is InChI=1S/C7H11NO4.ClH/c1-3-5(10)7(8,4-9)6(11)12-2;/h3,9H,1,4,8H2,2H3;1H/t7-;/m1./s1. The maximum atomic E-state index is 11.0. The molecule has 0 saturated heterocycles. The van der Waals surface area contributed by atoms with Crippen molar-refractivity contribution < 1.29 is 19.4 Å². The molecule has 76 valence electrons. The van der Waals surface area contributed by atoms with Crippen LogP contribution in [0.5, 0.6) is 0 Å². The monoisotopic (exact) mass is 209 g/mol. The van der Waals surface area contributed by atoms with Gasteiger partial charge in [0.1, 0.15) is 0 Å². The minimum Gasteiger partial charge on any atom is -0.467 e. The van der Waals surface area contributed by atoms with E-state index in [1.54, 1.807) is 0 Å². The fourth-order valence-corrected chi connectivity index (χ4v) is 0.607. The molecule has 0 aromatic heterocycles. The number of esters is 1. The Hall–Kier alpha value is -0.910. The van der Waals surface area contributed by atoms with E-state index >= 15 is 0 Å². The van der Waals surface area contributed by atoms with E-state index in [2.05, 4.69) is 11.3 Å². The fraction of sp³-hybridized carbons (Fsp3) is 0.429. The van der Waals surface area contributed by atoms with Gasteiger partial charge in [0, 0.05) is 0 Å². The molecule has 0 unspecified atom stereocenters. The minimum absolute atomic E-state index is 0. The third-order valence-electron chi connectivity index (χ3n) is 1.42. The molecule has 0 saturated carbocycles. The highest BCUT2D eigenvalue weighted by Gasteiger charge is 2.40. The average Bonchev–Trinajstić information content (AvgIpc) is 2.13. The lowest BCUT2D eigenvalue weighted by atomic mass is 9.96. The highest BCUT2D eigenvalue weighted by molar-refractivity contribution is 6.13. The zero-order valence-corrected chi connectivity index (χ0v) is 7.97. The Bertz CT molecular complexity index is 219. The first-order valence-corrected chi connectivity index (χ1v) is 3.18. The SMILES string of the molecule is C=CC(=O)[C@](N)(CO)C(=O)OC.Cl. The van der Waals surface area contributed by atoms with Gasteiger partial charge in [0.15, 0.2) is 5.78 Å². The van der Waals surface area contributed by atoms with Crippen LogP contribution < -0.4 is 5.73 Å². The fourth-order valence-electron chi connectivity index (χ4n) is 0.607. The van der Waals surface area contributed by atoms with Crippen LogP contribution in [0.4, 0.5) is 0 Å². The number of methoxy groups -OCH3 is 1. The maximum Gasteiger partial charge on any atom is 0.336 e. The first-order valence-electron chi connectivity index (χ1n) is 3.18. The summed E-state index contributed by atoms with van der Waals surface area (Å²) in [5.74, 6) is -1.74. The first-order chi connectivity index (χ1) is 5.52. The molecule has 0 aliphatic rings. The van der Waals surface area contributed by atoms with Gasteiger partial charge in [0.2, 0.25) is 5.54 Å². The summed E-state index contributed by atoms with van der Waals surface area (Å²) in [7, 11) is 1.08. The molecule has 0 aromatic rings. The van der Waals surface area contributed by atoms with E-state index in [0.717, 1.165) is 13.2 Å².